The van der Waals surface area contributed by atoms with Gasteiger partial charge in [0, 0.05) is 37.5 Å². The van der Waals surface area contributed by atoms with Crippen LogP contribution < -0.4 is 14.8 Å². The molecule has 3 aromatic rings. The van der Waals surface area contributed by atoms with Gasteiger partial charge in [-0.1, -0.05) is 0 Å². The molecule has 1 aliphatic rings. The smallest absolute Gasteiger partial charge is 0.410 e. The number of nitrogens with one attached hydrogen (secondary N) is 1. The predicted molar refractivity (Wildman–Crippen MR) is 138 cm³/mol. The first-order valence-corrected chi connectivity index (χ1v) is 12.4. The van der Waals surface area contributed by atoms with Crippen molar-refractivity contribution >= 4 is 38.7 Å². The standard InChI is InChI=1S/C25H32BrN5O4/c1-25(2,3)35-24(32)30-12-6-7-17(15-30)31-19-10-11-27-23(21(19)22(26)29-31)28-14-16-8-9-18(33-4)13-20(16)34-5/h8-11,13,17H,6-7,12,14-15H2,1-5H3,(H,27,28)/t17-/m0/s1. The molecule has 1 saturated heterocycles. The fraction of sp³-hybridized carbons (Fsp3) is 0.480. The third-order valence-electron chi connectivity index (χ3n) is 5.91. The molecule has 1 atom stereocenters. The molecule has 0 bridgehead atoms. The highest BCUT2D eigenvalue weighted by Gasteiger charge is 2.30. The molecule has 1 aromatic carbocycles. The van der Waals surface area contributed by atoms with E-state index < -0.39 is 5.60 Å². The number of carbonyl (C=O) groups is 1. The van der Waals surface area contributed by atoms with Crippen LogP contribution >= 0.6 is 15.9 Å². The first-order chi connectivity index (χ1) is 16.7. The molecule has 0 saturated carbocycles. The number of nitrogens with zero attached hydrogens (tertiary/aromatic N) is 4. The molecular formula is C25H32BrN5O4. The van der Waals surface area contributed by atoms with Gasteiger partial charge in [-0.25, -0.2) is 9.78 Å². The summed E-state index contributed by atoms with van der Waals surface area (Å²) in [4.78, 5) is 19.0. The van der Waals surface area contributed by atoms with Gasteiger partial charge in [0.05, 0.1) is 31.2 Å². The molecule has 4 rings (SSSR count). The third-order valence-corrected chi connectivity index (χ3v) is 6.47. The molecule has 0 aliphatic carbocycles. The second-order valence-corrected chi connectivity index (χ2v) is 10.3. The molecule has 35 heavy (non-hydrogen) atoms. The topological polar surface area (TPSA) is 90.7 Å². The van der Waals surface area contributed by atoms with Crippen molar-refractivity contribution in [2.75, 3.05) is 32.6 Å². The Morgan fingerprint density at radius 1 is 1.23 bits per heavy atom. The molecule has 1 amide bonds. The maximum absolute atomic E-state index is 12.7. The number of anilines is 1. The van der Waals surface area contributed by atoms with E-state index in [1.165, 1.54) is 0 Å². The van der Waals surface area contributed by atoms with Gasteiger partial charge in [-0.15, -0.1) is 0 Å². The highest BCUT2D eigenvalue weighted by Crippen LogP contribution is 2.34. The van der Waals surface area contributed by atoms with E-state index in [-0.39, 0.29) is 12.1 Å². The number of fused-ring (bicyclic) bond motifs is 1. The van der Waals surface area contributed by atoms with Crippen molar-refractivity contribution in [1.82, 2.24) is 19.7 Å². The van der Waals surface area contributed by atoms with Crippen LogP contribution in [0.4, 0.5) is 10.6 Å². The zero-order chi connectivity index (χ0) is 25.2. The fourth-order valence-electron chi connectivity index (χ4n) is 4.28. The van der Waals surface area contributed by atoms with E-state index >= 15 is 0 Å². The number of carbonyl (C=O) groups excluding carboxylic acids is 1. The zero-order valence-corrected chi connectivity index (χ0v) is 22.4. The summed E-state index contributed by atoms with van der Waals surface area (Å²) in [6.07, 6.45) is 3.30. The van der Waals surface area contributed by atoms with Crippen molar-refractivity contribution in [3.05, 3.63) is 40.6 Å². The number of hydrogen-bond donors (Lipinski definition) is 1. The van der Waals surface area contributed by atoms with Gasteiger partial charge < -0.3 is 24.4 Å². The number of hydrogen-bond acceptors (Lipinski definition) is 7. The van der Waals surface area contributed by atoms with Crippen LogP contribution in [0.2, 0.25) is 0 Å². The molecule has 2 aromatic heterocycles. The van der Waals surface area contributed by atoms with Crippen LogP contribution in [-0.2, 0) is 11.3 Å². The molecule has 3 heterocycles. The Hall–Kier alpha value is -3.01. The number of pyridine rings is 1. The first-order valence-electron chi connectivity index (χ1n) is 11.7. The summed E-state index contributed by atoms with van der Waals surface area (Å²) in [7, 11) is 3.27. The summed E-state index contributed by atoms with van der Waals surface area (Å²) in [5.41, 5.74) is 1.41. The molecule has 1 aliphatic heterocycles. The number of piperidine rings is 1. The van der Waals surface area contributed by atoms with Crippen LogP contribution in [0.15, 0.2) is 35.1 Å². The molecule has 1 N–H and O–H groups in total. The number of likely N-dealkylation sites (tertiary alicyclic amines) is 1. The lowest BCUT2D eigenvalue weighted by Gasteiger charge is -2.34. The minimum Gasteiger partial charge on any atom is -0.497 e. The minimum atomic E-state index is -0.524. The molecule has 0 spiro atoms. The molecule has 0 unspecified atom stereocenters. The summed E-state index contributed by atoms with van der Waals surface area (Å²) >= 11 is 3.63. The molecule has 0 radical (unpaired) electrons. The number of benzene rings is 1. The zero-order valence-electron chi connectivity index (χ0n) is 20.8. The van der Waals surface area contributed by atoms with Crippen LogP contribution in [0.3, 0.4) is 0 Å². The van der Waals surface area contributed by atoms with Crippen molar-refractivity contribution in [2.45, 2.75) is 51.8 Å². The van der Waals surface area contributed by atoms with Gasteiger partial charge in [0.15, 0.2) is 0 Å². The van der Waals surface area contributed by atoms with Crippen LogP contribution in [0, 0.1) is 0 Å². The lowest BCUT2D eigenvalue weighted by Crippen LogP contribution is -2.43. The lowest BCUT2D eigenvalue weighted by atomic mass is 10.1. The summed E-state index contributed by atoms with van der Waals surface area (Å²) in [5.74, 6) is 2.20. The van der Waals surface area contributed by atoms with Gasteiger partial charge in [0.1, 0.15) is 27.5 Å². The second kappa shape index (κ2) is 10.3. The third kappa shape index (κ3) is 5.63. The van der Waals surface area contributed by atoms with E-state index in [2.05, 4.69) is 26.2 Å². The van der Waals surface area contributed by atoms with Gasteiger partial charge in [-0.3, -0.25) is 4.68 Å². The highest BCUT2D eigenvalue weighted by molar-refractivity contribution is 9.10. The van der Waals surface area contributed by atoms with Gasteiger partial charge in [0.25, 0.3) is 0 Å². The van der Waals surface area contributed by atoms with Crippen LogP contribution in [0.25, 0.3) is 10.9 Å². The Labute approximate surface area is 213 Å². The number of amides is 1. The Balaban J connectivity index is 1.56. The van der Waals surface area contributed by atoms with Gasteiger partial charge in [-0.05, 0) is 67.7 Å². The maximum Gasteiger partial charge on any atom is 0.410 e. The van der Waals surface area contributed by atoms with Crippen LogP contribution in [0.1, 0.15) is 45.2 Å². The second-order valence-electron chi connectivity index (χ2n) is 9.54. The molecule has 10 heteroatoms. The summed E-state index contributed by atoms with van der Waals surface area (Å²) in [6.45, 7) is 7.40. The molecular weight excluding hydrogens is 514 g/mol. The number of rotatable bonds is 6. The average molecular weight is 546 g/mol. The highest BCUT2D eigenvalue weighted by atomic mass is 79.9. The molecule has 9 nitrogen and oxygen atoms in total. The monoisotopic (exact) mass is 545 g/mol. The lowest BCUT2D eigenvalue weighted by molar-refractivity contribution is 0.0169. The van der Waals surface area contributed by atoms with Crippen molar-refractivity contribution in [2.24, 2.45) is 0 Å². The average Bonchev–Trinajstić information content (AvgIpc) is 3.18. The number of aromatic nitrogens is 3. The van der Waals surface area contributed by atoms with E-state index in [4.69, 9.17) is 19.3 Å². The maximum atomic E-state index is 12.7. The normalized spacial score (nSPS) is 16.3. The van der Waals surface area contributed by atoms with Crippen LogP contribution in [0.5, 0.6) is 11.5 Å². The van der Waals surface area contributed by atoms with Gasteiger partial charge in [0.2, 0.25) is 0 Å². The van der Waals surface area contributed by atoms with E-state index in [1.807, 2.05) is 49.7 Å². The van der Waals surface area contributed by atoms with E-state index in [9.17, 15) is 4.79 Å². The van der Waals surface area contributed by atoms with E-state index in [1.54, 1.807) is 25.3 Å². The SMILES string of the molecule is COc1ccc(CNc2nccc3c2c(Br)nn3[C@H]2CCCN(C(=O)OC(C)(C)C)C2)c(OC)c1. The number of methoxy groups -OCH3 is 2. The molecule has 1 fully saturated rings. The Kier molecular flexibility index (Phi) is 7.39. The van der Waals surface area contributed by atoms with Crippen molar-refractivity contribution in [3.8, 4) is 11.5 Å². The summed E-state index contributed by atoms with van der Waals surface area (Å²) in [5, 5.41) is 9.11. The van der Waals surface area contributed by atoms with Gasteiger partial charge in [-0.2, -0.15) is 5.10 Å². The fourth-order valence-corrected chi connectivity index (χ4v) is 4.84. The Morgan fingerprint density at radius 2 is 2.03 bits per heavy atom. The van der Waals surface area contributed by atoms with E-state index in [0.717, 1.165) is 46.6 Å². The Bertz CT molecular complexity index is 1210. The van der Waals surface area contributed by atoms with Crippen molar-refractivity contribution in [1.29, 1.82) is 0 Å². The summed E-state index contributed by atoms with van der Waals surface area (Å²) in [6, 6.07) is 7.73. The summed E-state index contributed by atoms with van der Waals surface area (Å²) < 4.78 is 19.1. The van der Waals surface area contributed by atoms with Gasteiger partial charge >= 0.3 is 6.09 Å². The van der Waals surface area contributed by atoms with Crippen LogP contribution in [-0.4, -0.2) is 58.7 Å². The quantitative estimate of drug-likeness (QED) is 0.443. The largest absolute Gasteiger partial charge is 0.497 e. The van der Waals surface area contributed by atoms with Crippen molar-refractivity contribution in [3.63, 3.8) is 0 Å². The Morgan fingerprint density at radius 3 is 2.74 bits per heavy atom. The molecule has 188 valence electrons. The number of ether oxygens (including phenoxy) is 3. The van der Waals surface area contributed by atoms with E-state index in [0.29, 0.717) is 24.2 Å². The number of halogens is 1. The first kappa shape index (κ1) is 25.1. The predicted octanol–water partition coefficient (Wildman–Crippen LogP) is 5.40. The van der Waals surface area contributed by atoms with Crippen molar-refractivity contribution < 1.29 is 19.0 Å². The minimum absolute atomic E-state index is 0.0435.